The Morgan fingerprint density at radius 1 is 1.69 bits per heavy atom. The van der Waals surface area contributed by atoms with Crippen molar-refractivity contribution in [3.05, 3.63) is 22.4 Å². The van der Waals surface area contributed by atoms with Gasteiger partial charge in [0.2, 0.25) is 0 Å². The molecule has 0 aliphatic rings. The van der Waals surface area contributed by atoms with Crippen molar-refractivity contribution in [1.29, 1.82) is 0 Å². The van der Waals surface area contributed by atoms with E-state index in [0.717, 1.165) is 5.56 Å². The van der Waals surface area contributed by atoms with E-state index in [1.54, 1.807) is 25.2 Å². The number of rotatable bonds is 5. The molecule has 0 radical (unpaired) electrons. The maximum absolute atomic E-state index is 10.7. The predicted molar refractivity (Wildman–Crippen MR) is 63.5 cm³/mol. The minimum absolute atomic E-state index is 0.0272. The lowest BCUT2D eigenvalue weighted by Gasteiger charge is -2.27. The molecule has 1 heterocycles. The van der Waals surface area contributed by atoms with Crippen LogP contribution in [0.25, 0.3) is 0 Å². The highest BCUT2D eigenvalue weighted by Gasteiger charge is 2.27. The van der Waals surface area contributed by atoms with E-state index in [1.165, 1.54) is 0 Å². The summed E-state index contributed by atoms with van der Waals surface area (Å²) in [5.74, 6) is -0.0272. The van der Waals surface area contributed by atoms with Crippen molar-refractivity contribution in [2.24, 2.45) is 5.73 Å². The van der Waals surface area contributed by atoms with Crippen LogP contribution in [0.3, 0.4) is 0 Å². The van der Waals surface area contributed by atoms with E-state index < -0.39 is 11.7 Å². The summed E-state index contributed by atoms with van der Waals surface area (Å²) in [6, 6.07) is 1.96. The van der Waals surface area contributed by atoms with Gasteiger partial charge in [-0.25, -0.2) is 4.79 Å². The van der Waals surface area contributed by atoms with Crippen molar-refractivity contribution in [3.63, 3.8) is 0 Å². The molecule has 0 spiro atoms. The van der Waals surface area contributed by atoms with Crippen LogP contribution < -0.4 is 5.73 Å². The van der Waals surface area contributed by atoms with E-state index in [1.807, 2.05) is 16.8 Å². The Labute approximate surface area is 99.0 Å². The van der Waals surface area contributed by atoms with E-state index >= 15 is 0 Å². The van der Waals surface area contributed by atoms with Crippen LogP contribution in [-0.4, -0.2) is 23.4 Å². The lowest BCUT2D eigenvalue weighted by atomic mass is 9.90. The van der Waals surface area contributed by atoms with Gasteiger partial charge in [-0.2, -0.15) is 11.3 Å². The molecule has 0 aliphatic carbocycles. The molecule has 0 aromatic carbocycles. The highest BCUT2D eigenvalue weighted by molar-refractivity contribution is 7.07. The number of carbonyl (C=O) groups excluding carboxylic acids is 1. The van der Waals surface area contributed by atoms with E-state index in [0.29, 0.717) is 6.42 Å². The highest BCUT2D eigenvalue weighted by Crippen LogP contribution is 2.29. The summed E-state index contributed by atoms with van der Waals surface area (Å²) >= 11 is 1.58. The molecule has 1 rings (SSSR count). The lowest BCUT2D eigenvalue weighted by molar-refractivity contribution is 0.0285. The first kappa shape index (κ1) is 13.0. The van der Waals surface area contributed by atoms with E-state index in [2.05, 4.69) is 0 Å². The van der Waals surface area contributed by atoms with Crippen LogP contribution in [0.1, 0.15) is 31.7 Å². The number of thiophene rings is 1. The summed E-state index contributed by atoms with van der Waals surface area (Å²) in [6.45, 7) is 3.60. The van der Waals surface area contributed by atoms with Crippen LogP contribution in [0.4, 0.5) is 4.79 Å². The molecule has 0 fully saturated rings. The first-order valence-electron chi connectivity index (χ1n) is 5.06. The standard InChI is InChI=1S/C11H17NO3S/c1-11(2,15-10(12)14)5-9(6-13)8-3-4-16-7-8/h3-4,7,9,13H,5-6H2,1-2H3,(H2,12,14)/t9-/m1/s1. The Morgan fingerprint density at radius 3 is 2.81 bits per heavy atom. The Balaban J connectivity index is 2.66. The molecule has 1 aromatic rings. The third-order valence-corrected chi connectivity index (χ3v) is 3.05. The molecule has 0 aliphatic heterocycles. The minimum atomic E-state index is -0.785. The number of hydrogen-bond donors (Lipinski definition) is 2. The molecule has 4 nitrogen and oxygen atoms in total. The second-order valence-corrected chi connectivity index (χ2v) is 5.10. The zero-order valence-electron chi connectivity index (χ0n) is 9.47. The second kappa shape index (κ2) is 5.32. The van der Waals surface area contributed by atoms with Gasteiger partial charge in [0.1, 0.15) is 5.60 Å². The Morgan fingerprint density at radius 2 is 2.38 bits per heavy atom. The van der Waals surface area contributed by atoms with Gasteiger partial charge in [-0.3, -0.25) is 0 Å². The van der Waals surface area contributed by atoms with E-state index in [-0.39, 0.29) is 12.5 Å². The monoisotopic (exact) mass is 243 g/mol. The van der Waals surface area contributed by atoms with Crippen molar-refractivity contribution in [2.75, 3.05) is 6.61 Å². The zero-order chi connectivity index (χ0) is 12.2. The van der Waals surface area contributed by atoms with Crippen molar-refractivity contribution in [1.82, 2.24) is 0 Å². The van der Waals surface area contributed by atoms with Gasteiger partial charge in [-0.1, -0.05) is 0 Å². The van der Waals surface area contributed by atoms with Crippen LogP contribution in [0.2, 0.25) is 0 Å². The van der Waals surface area contributed by atoms with Crippen LogP contribution in [-0.2, 0) is 4.74 Å². The molecule has 1 aromatic heterocycles. The average Bonchev–Trinajstić information content (AvgIpc) is 2.64. The van der Waals surface area contributed by atoms with Gasteiger partial charge in [0.05, 0.1) is 6.61 Å². The fourth-order valence-corrected chi connectivity index (χ4v) is 2.44. The Bertz CT molecular complexity index is 335. The van der Waals surface area contributed by atoms with Crippen LogP contribution in [0.5, 0.6) is 0 Å². The van der Waals surface area contributed by atoms with Gasteiger partial charge in [0, 0.05) is 5.92 Å². The van der Waals surface area contributed by atoms with Crippen molar-refractivity contribution >= 4 is 17.4 Å². The maximum atomic E-state index is 10.7. The number of amides is 1. The number of ether oxygens (including phenoxy) is 1. The third-order valence-electron chi connectivity index (χ3n) is 2.35. The van der Waals surface area contributed by atoms with Gasteiger partial charge in [0.15, 0.2) is 0 Å². The first-order chi connectivity index (χ1) is 7.44. The van der Waals surface area contributed by atoms with Gasteiger partial charge < -0.3 is 15.6 Å². The number of nitrogens with two attached hydrogens (primary N) is 1. The van der Waals surface area contributed by atoms with Gasteiger partial charge >= 0.3 is 6.09 Å². The number of hydrogen-bond acceptors (Lipinski definition) is 4. The average molecular weight is 243 g/mol. The summed E-state index contributed by atoms with van der Waals surface area (Å²) < 4.78 is 5.00. The largest absolute Gasteiger partial charge is 0.444 e. The Kier molecular flexibility index (Phi) is 4.32. The molecule has 0 bridgehead atoms. The molecular weight excluding hydrogens is 226 g/mol. The minimum Gasteiger partial charge on any atom is -0.444 e. The highest BCUT2D eigenvalue weighted by atomic mass is 32.1. The van der Waals surface area contributed by atoms with Gasteiger partial charge in [-0.05, 0) is 42.7 Å². The molecule has 16 heavy (non-hydrogen) atoms. The molecular formula is C11H17NO3S. The van der Waals surface area contributed by atoms with Crippen LogP contribution in [0, 0.1) is 0 Å². The van der Waals surface area contributed by atoms with Gasteiger partial charge in [0.25, 0.3) is 0 Å². The molecule has 0 unspecified atom stereocenters. The number of primary amides is 1. The summed E-state index contributed by atoms with van der Waals surface area (Å²) in [6.07, 6.45) is -0.240. The lowest BCUT2D eigenvalue weighted by Crippen LogP contribution is -2.33. The smallest absolute Gasteiger partial charge is 0.405 e. The normalized spacial score (nSPS) is 13.4. The van der Waals surface area contributed by atoms with Gasteiger partial charge in [-0.15, -0.1) is 0 Å². The predicted octanol–water partition coefficient (Wildman–Crippen LogP) is 2.09. The summed E-state index contributed by atoms with van der Waals surface area (Å²) in [5.41, 5.74) is 5.39. The Hall–Kier alpha value is -1.07. The quantitative estimate of drug-likeness (QED) is 0.831. The molecule has 90 valence electrons. The molecule has 1 atom stereocenters. The molecule has 5 heteroatoms. The molecule has 0 saturated carbocycles. The third kappa shape index (κ3) is 3.83. The maximum Gasteiger partial charge on any atom is 0.405 e. The van der Waals surface area contributed by atoms with E-state index in [4.69, 9.17) is 10.5 Å². The second-order valence-electron chi connectivity index (χ2n) is 4.32. The SMILES string of the molecule is CC(C)(C[C@H](CO)c1ccsc1)OC(N)=O. The van der Waals surface area contributed by atoms with Crippen molar-refractivity contribution < 1.29 is 14.6 Å². The fourth-order valence-electron chi connectivity index (χ4n) is 1.70. The molecule has 1 amide bonds. The van der Waals surface area contributed by atoms with Crippen LogP contribution >= 0.6 is 11.3 Å². The summed E-state index contributed by atoms with van der Waals surface area (Å²) in [4.78, 5) is 10.7. The molecule has 0 saturated heterocycles. The summed E-state index contributed by atoms with van der Waals surface area (Å²) in [7, 11) is 0. The molecule has 3 N–H and O–H groups in total. The number of carbonyl (C=O) groups is 1. The zero-order valence-corrected chi connectivity index (χ0v) is 10.3. The van der Waals surface area contributed by atoms with Crippen LogP contribution in [0.15, 0.2) is 16.8 Å². The first-order valence-corrected chi connectivity index (χ1v) is 6.00. The number of aliphatic hydroxyl groups is 1. The van der Waals surface area contributed by atoms with E-state index in [9.17, 15) is 9.90 Å². The van der Waals surface area contributed by atoms with Crippen molar-refractivity contribution in [2.45, 2.75) is 31.8 Å². The number of aliphatic hydroxyl groups excluding tert-OH is 1. The summed E-state index contributed by atoms with van der Waals surface area (Å²) in [5, 5.41) is 13.3. The topological polar surface area (TPSA) is 72.6 Å². The fraction of sp³-hybridized carbons (Fsp3) is 0.545. The van der Waals surface area contributed by atoms with Crippen molar-refractivity contribution in [3.8, 4) is 0 Å².